The van der Waals surface area contributed by atoms with Crippen molar-refractivity contribution in [2.75, 3.05) is 4.72 Å². The number of nitrogens with one attached hydrogen (secondary N) is 1. The molecular weight excluding hydrogens is 365 g/mol. The molecule has 2 N–H and O–H groups in total. The first kappa shape index (κ1) is 15.9. The van der Waals surface area contributed by atoms with Gasteiger partial charge in [0.2, 0.25) is 0 Å². The highest BCUT2D eigenvalue weighted by Crippen LogP contribution is 2.26. The maximum absolute atomic E-state index is 14.1. The second-order valence-electron chi connectivity index (χ2n) is 4.44. The van der Waals surface area contributed by atoms with Crippen LogP contribution in [0.15, 0.2) is 27.7 Å². The molecule has 21 heavy (non-hydrogen) atoms. The molecule has 0 aliphatic carbocycles. The van der Waals surface area contributed by atoms with Gasteiger partial charge in [-0.15, -0.1) is 0 Å². The van der Waals surface area contributed by atoms with E-state index >= 15 is 0 Å². The number of aromatic nitrogens is 2. The van der Waals surface area contributed by atoms with E-state index in [0.717, 1.165) is 6.07 Å². The van der Waals surface area contributed by atoms with Crippen LogP contribution in [0.5, 0.6) is 0 Å². The molecule has 0 unspecified atom stereocenters. The van der Waals surface area contributed by atoms with E-state index < -0.39 is 27.3 Å². The van der Waals surface area contributed by atoms with E-state index in [9.17, 15) is 12.8 Å². The summed E-state index contributed by atoms with van der Waals surface area (Å²) >= 11 is 3.10. The first-order valence-electron chi connectivity index (χ1n) is 5.86. The van der Waals surface area contributed by atoms with E-state index in [1.807, 2.05) is 0 Å². The lowest BCUT2D eigenvalue weighted by molar-refractivity contribution is 0.274. The predicted molar refractivity (Wildman–Crippen MR) is 78.8 cm³/mol. The van der Waals surface area contributed by atoms with Crippen LogP contribution in [0.1, 0.15) is 11.3 Å². The van der Waals surface area contributed by atoms with Gasteiger partial charge in [-0.25, -0.2) is 12.8 Å². The zero-order valence-corrected chi connectivity index (χ0v) is 13.7. The van der Waals surface area contributed by atoms with Crippen molar-refractivity contribution in [1.29, 1.82) is 0 Å². The molecule has 0 fully saturated rings. The maximum atomic E-state index is 14.1. The van der Waals surface area contributed by atoms with Crippen molar-refractivity contribution in [2.45, 2.75) is 18.4 Å². The maximum Gasteiger partial charge on any atom is 0.264 e. The van der Waals surface area contributed by atoms with Crippen LogP contribution < -0.4 is 4.72 Å². The summed E-state index contributed by atoms with van der Waals surface area (Å²) in [5, 5.41) is 13.1. The Labute approximate surface area is 129 Å². The monoisotopic (exact) mass is 377 g/mol. The van der Waals surface area contributed by atoms with Crippen molar-refractivity contribution in [3.63, 3.8) is 0 Å². The summed E-state index contributed by atoms with van der Waals surface area (Å²) < 4.78 is 42.9. The predicted octanol–water partition coefficient (Wildman–Crippen LogP) is 1.92. The molecule has 0 radical (unpaired) electrons. The van der Waals surface area contributed by atoms with E-state index in [1.165, 1.54) is 16.9 Å². The molecular formula is C12H13BrFN3O3S. The molecule has 1 aromatic heterocycles. The van der Waals surface area contributed by atoms with Gasteiger partial charge in [-0.3, -0.25) is 9.40 Å². The van der Waals surface area contributed by atoms with Gasteiger partial charge in [0.25, 0.3) is 10.0 Å². The Balaban J connectivity index is 2.49. The molecule has 1 heterocycles. The van der Waals surface area contributed by atoms with E-state index in [-0.39, 0.29) is 11.3 Å². The molecule has 2 rings (SSSR count). The molecule has 0 aliphatic rings. The molecule has 9 heteroatoms. The molecule has 0 atom stereocenters. The number of anilines is 1. The molecule has 0 spiro atoms. The molecule has 1 aromatic carbocycles. The first-order valence-corrected chi connectivity index (χ1v) is 8.14. The molecule has 114 valence electrons. The van der Waals surface area contributed by atoms with Crippen LogP contribution in [-0.2, 0) is 23.7 Å². The fourth-order valence-corrected chi connectivity index (χ4v) is 3.73. The highest BCUT2D eigenvalue weighted by molar-refractivity contribution is 9.10. The largest absolute Gasteiger partial charge is 0.392 e. The second kappa shape index (κ2) is 5.74. The second-order valence-corrected chi connectivity index (χ2v) is 7.01. The third-order valence-electron chi connectivity index (χ3n) is 2.80. The van der Waals surface area contributed by atoms with Gasteiger partial charge < -0.3 is 5.11 Å². The Hall–Kier alpha value is -1.45. The molecule has 2 aromatic rings. The van der Waals surface area contributed by atoms with Gasteiger partial charge in [0.15, 0.2) is 0 Å². The Morgan fingerprint density at radius 3 is 2.67 bits per heavy atom. The minimum Gasteiger partial charge on any atom is -0.392 e. The summed E-state index contributed by atoms with van der Waals surface area (Å²) in [6.45, 7) is 1.04. The molecule has 0 saturated carbocycles. The summed E-state index contributed by atoms with van der Waals surface area (Å²) in [5.41, 5.74) is 0.633. The highest BCUT2D eigenvalue weighted by atomic mass is 79.9. The minimum atomic E-state index is -4.13. The summed E-state index contributed by atoms with van der Waals surface area (Å²) in [7, 11) is -2.48. The SMILES string of the molecule is Cc1nn(C)cc1NS(=O)(=O)c1cc(Br)cc(CO)c1F. The van der Waals surface area contributed by atoms with Gasteiger partial charge in [-0.2, -0.15) is 5.10 Å². The number of hydrogen-bond acceptors (Lipinski definition) is 4. The Morgan fingerprint density at radius 2 is 2.14 bits per heavy atom. The quantitative estimate of drug-likeness (QED) is 0.852. The standard InChI is InChI=1S/C12H13BrFN3O3S/c1-7-10(5-17(2)15-7)16-21(19,20)11-4-9(13)3-8(6-18)12(11)14/h3-5,16,18H,6H2,1-2H3. The normalized spacial score (nSPS) is 11.7. The number of nitrogens with zero attached hydrogens (tertiary/aromatic N) is 2. The van der Waals surface area contributed by atoms with Gasteiger partial charge >= 0.3 is 0 Å². The van der Waals surface area contributed by atoms with Crippen LogP contribution >= 0.6 is 15.9 Å². The van der Waals surface area contributed by atoms with Crippen LogP contribution in [0.4, 0.5) is 10.1 Å². The number of aryl methyl sites for hydroxylation is 2. The van der Waals surface area contributed by atoms with E-state index in [1.54, 1.807) is 14.0 Å². The number of aliphatic hydroxyl groups is 1. The topological polar surface area (TPSA) is 84.2 Å². The molecule has 0 aliphatic heterocycles. The van der Waals surface area contributed by atoms with Crippen LogP contribution in [0.3, 0.4) is 0 Å². The van der Waals surface area contributed by atoms with Crippen molar-refractivity contribution >= 4 is 31.6 Å². The fraction of sp³-hybridized carbons (Fsp3) is 0.250. The zero-order valence-electron chi connectivity index (χ0n) is 11.3. The number of halogens is 2. The summed E-state index contributed by atoms with van der Waals surface area (Å²) in [6.07, 6.45) is 1.48. The van der Waals surface area contributed by atoms with Crippen LogP contribution in [-0.4, -0.2) is 23.3 Å². The number of benzene rings is 1. The van der Waals surface area contributed by atoms with Gasteiger partial charge in [0.1, 0.15) is 10.7 Å². The third-order valence-corrected chi connectivity index (χ3v) is 4.62. The van der Waals surface area contributed by atoms with Crippen LogP contribution in [0.2, 0.25) is 0 Å². The smallest absolute Gasteiger partial charge is 0.264 e. The van der Waals surface area contributed by atoms with E-state index in [4.69, 9.17) is 5.11 Å². The van der Waals surface area contributed by atoms with E-state index in [0.29, 0.717) is 10.2 Å². The number of rotatable bonds is 4. The first-order chi connectivity index (χ1) is 9.74. The fourth-order valence-electron chi connectivity index (χ4n) is 1.83. The zero-order chi connectivity index (χ0) is 15.8. The molecule has 0 saturated heterocycles. The minimum absolute atomic E-state index is 0.104. The Kier molecular flexibility index (Phi) is 4.35. The lowest BCUT2D eigenvalue weighted by Crippen LogP contribution is -2.16. The molecule has 0 amide bonds. The molecule has 6 nitrogen and oxygen atoms in total. The lowest BCUT2D eigenvalue weighted by Gasteiger charge is -2.10. The Bertz CT molecular complexity index is 789. The average molecular weight is 378 g/mol. The number of hydrogen-bond donors (Lipinski definition) is 2. The van der Waals surface area contributed by atoms with Crippen molar-refractivity contribution in [2.24, 2.45) is 7.05 Å². The highest BCUT2D eigenvalue weighted by Gasteiger charge is 2.23. The van der Waals surface area contributed by atoms with Crippen molar-refractivity contribution < 1.29 is 17.9 Å². The summed E-state index contributed by atoms with van der Waals surface area (Å²) in [6, 6.07) is 2.46. The van der Waals surface area contributed by atoms with Gasteiger partial charge in [-0.1, -0.05) is 15.9 Å². The third kappa shape index (κ3) is 3.25. The lowest BCUT2D eigenvalue weighted by atomic mass is 10.2. The number of sulfonamides is 1. The summed E-state index contributed by atoms with van der Waals surface area (Å²) in [5.74, 6) is -0.977. The summed E-state index contributed by atoms with van der Waals surface area (Å²) in [4.78, 5) is -0.538. The van der Waals surface area contributed by atoms with Gasteiger partial charge in [-0.05, 0) is 19.1 Å². The Morgan fingerprint density at radius 1 is 1.48 bits per heavy atom. The molecule has 0 bridgehead atoms. The van der Waals surface area contributed by atoms with Crippen LogP contribution in [0, 0.1) is 12.7 Å². The van der Waals surface area contributed by atoms with Gasteiger partial charge in [0.05, 0.1) is 18.0 Å². The van der Waals surface area contributed by atoms with Gasteiger partial charge in [0, 0.05) is 23.3 Å². The van der Waals surface area contributed by atoms with Crippen molar-refractivity contribution in [3.8, 4) is 0 Å². The van der Waals surface area contributed by atoms with E-state index in [2.05, 4.69) is 25.8 Å². The van der Waals surface area contributed by atoms with Crippen molar-refractivity contribution in [3.05, 3.63) is 39.9 Å². The van der Waals surface area contributed by atoms with Crippen molar-refractivity contribution in [1.82, 2.24) is 9.78 Å². The van der Waals surface area contributed by atoms with Crippen LogP contribution in [0.25, 0.3) is 0 Å². The number of aliphatic hydroxyl groups excluding tert-OH is 1. The average Bonchev–Trinajstić information content (AvgIpc) is 2.69.